The molecule has 0 aliphatic carbocycles. The van der Waals surface area contributed by atoms with Crippen LogP contribution in [-0.4, -0.2) is 34.2 Å². The van der Waals surface area contributed by atoms with E-state index in [0.717, 1.165) is 6.07 Å². The van der Waals surface area contributed by atoms with E-state index in [4.69, 9.17) is 5.11 Å². The van der Waals surface area contributed by atoms with E-state index in [1.807, 2.05) is 0 Å². The van der Waals surface area contributed by atoms with E-state index >= 15 is 0 Å². The standard InChI is InChI=1S/C9H9BrN2O5/c10-6-3-5(9(15)11-1-2-13)4-7(8(6)14)12(16)17/h3-4,13-14H,1-2H2,(H,11,15). The number of amides is 1. The predicted molar refractivity (Wildman–Crippen MR) is 61.9 cm³/mol. The number of halogens is 1. The Kier molecular flexibility index (Phi) is 4.41. The first-order chi connectivity index (χ1) is 7.97. The maximum absolute atomic E-state index is 11.5. The SMILES string of the molecule is O=C(NCCO)c1cc(Br)c(O)c([N+](=O)[O-])c1. The van der Waals surface area contributed by atoms with Gasteiger partial charge in [-0.3, -0.25) is 14.9 Å². The third-order valence-electron chi connectivity index (χ3n) is 1.90. The van der Waals surface area contributed by atoms with Crippen molar-refractivity contribution in [2.45, 2.75) is 0 Å². The lowest BCUT2D eigenvalue weighted by Crippen LogP contribution is -2.26. The maximum atomic E-state index is 11.5. The Morgan fingerprint density at radius 1 is 1.53 bits per heavy atom. The van der Waals surface area contributed by atoms with Gasteiger partial charge in [0.05, 0.1) is 16.0 Å². The van der Waals surface area contributed by atoms with Crippen molar-refractivity contribution in [1.29, 1.82) is 0 Å². The number of nitro benzene ring substituents is 1. The number of hydrogen-bond acceptors (Lipinski definition) is 5. The third kappa shape index (κ3) is 3.14. The number of phenols is 1. The minimum absolute atomic E-state index is 0.0230. The van der Waals surface area contributed by atoms with Gasteiger partial charge in [0, 0.05) is 18.2 Å². The van der Waals surface area contributed by atoms with Crippen LogP contribution in [0.3, 0.4) is 0 Å². The molecule has 0 aliphatic heterocycles. The van der Waals surface area contributed by atoms with Gasteiger partial charge >= 0.3 is 5.69 Å². The molecule has 0 atom stereocenters. The summed E-state index contributed by atoms with van der Waals surface area (Å²) in [5.74, 6) is -1.10. The minimum Gasteiger partial charge on any atom is -0.501 e. The molecule has 0 unspecified atom stereocenters. The zero-order valence-electron chi connectivity index (χ0n) is 8.51. The second-order valence-corrected chi connectivity index (χ2v) is 3.92. The van der Waals surface area contributed by atoms with Crippen LogP contribution in [0.2, 0.25) is 0 Å². The Labute approximate surface area is 104 Å². The number of carbonyl (C=O) groups excluding carboxylic acids is 1. The average Bonchev–Trinajstić information content (AvgIpc) is 2.28. The molecule has 0 heterocycles. The van der Waals surface area contributed by atoms with Gasteiger partial charge in [-0.05, 0) is 22.0 Å². The molecular weight excluding hydrogens is 296 g/mol. The number of carbonyl (C=O) groups is 1. The molecule has 0 saturated heterocycles. The largest absolute Gasteiger partial charge is 0.501 e. The first-order valence-electron chi connectivity index (χ1n) is 4.53. The zero-order chi connectivity index (χ0) is 13.0. The molecule has 0 aliphatic rings. The van der Waals surface area contributed by atoms with E-state index in [-0.39, 0.29) is 23.2 Å². The number of nitrogens with zero attached hydrogens (tertiary/aromatic N) is 1. The normalized spacial score (nSPS) is 10.0. The Balaban J connectivity index is 3.10. The fourth-order valence-electron chi connectivity index (χ4n) is 1.13. The Morgan fingerprint density at radius 2 is 2.18 bits per heavy atom. The molecule has 0 fully saturated rings. The van der Waals surface area contributed by atoms with Gasteiger partial charge in [0.1, 0.15) is 0 Å². The lowest BCUT2D eigenvalue weighted by molar-refractivity contribution is -0.386. The fraction of sp³-hybridized carbons (Fsp3) is 0.222. The zero-order valence-corrected chi connectivity index (χ0v) is 10.1. The van der Waals surface area contributed by atoms with Crippen molar-refractivity contribution < 1.29 is 19.9 Å². The van der Waals surface area contributed by atoms with Gasteiger partial charge in [-0.15, -0.1) is 0 Å². The molecular formula is C9H9BrN2O5. The number of aromatic hydroxyl groups is 1. The number of rotatable bonds is 4. The van der Waals surface area contributed by atoms with Crippen LogP contribution >= 0.6 is 15.9 Å². The van der Waals surface area contributed by atoms with Crippen molar-refractivity contribution in [2.24, 2.45) is 0 Å². The predicted octanol–water partition coefficient (Wildman–Crippen LogP) is 0.785. The van der Waals surface area contributed by atoms with Crippen LogP contribution in [0.5, 0.6) is 5.75 Å². The van der Waals surface area contributed by atoms with Crippen molar-refractivity contribution in [3.8, 4) is 5.75 Å². The van der Waals surface area contributed by atoms with Gasteiger partial charge < -0.3 is 15.5 Å². The fourth-order valence-corrected chi connectivity index (χ4v) is 1.58. The monoisotopic (exact) mass is 304 g/mol. The van der Waals surface area contributed by atoms with E-state index in [1.54, 1.807) is 0 Å². The van der Waals surface area contributed by atoms with Gasteiger partial charge in [-0.25, -0.2) is 0 Å². The molecule has 0 bridgehead atoms. The maximum Gasteiger partial charge on any atom is 0.312 e. The Hall–Kier alpha value is -1.67. The van der Waals surface area contributed by atoms with Crippen molar-refractivity contribution >= 4 is 27.5 Å². The quantitative estimate of drug-likeness (QED) is 0.562. The first-order valence-corrected chi connectivity index (χ1v) is 5.32. The number of aliphatic hydroxyl groups excluding tert-OH is 1. The van der Waals surface area contributed by atoms with Gasteiger partial charge in [-0.1, -0.05) is 0 Å². The first kappa shape index (κ1) is 13.4. The van der Waals surface area contributed by atoms with Crippen molar-refractivity contribution in [3.05, 3.63) is 32.3 Å². The molecule has 8 heteroatoms. The summed E-state index contributed by atoms with van der Waals surface area (Å²) in [6, 6.07) is 2.22. The molecule has 0 spiro atoms. The molecule has 0 aromatic heterocycles. The van der Waals surface area contributed by atoms with E-state index in [2.05, 4.69) is 21.2 Å². The molecule has 17 heavy (non-hydrogen) atoms. The summed E-state index contributed by atoms with van der Waals surface area (Å²) in [6.07, 6.45) is 0. The molecule has 7 nitrogen and oxygen atoms in total. The molecule has 1 aromatic carbocycles. The highest BCUT2D eigenvalue weighted by Crippen LogP contribution is 2.34. The van der Waals surface area contributed by atoms with Crippen molar-refractivity contribution in [3.63, 3.8) is 0 Å². The van der Waals surface area contributed by atoms with Crippen molar-refractivity contribution in [1.82, 2.24) is 5.32 Å². The van der Waals surface area contributed by atoms with Crippen LogP contribution < -0.4 is 5.32 Å². The summed E-state index contributed by atoms with van der Waals surface area (Å²) >= 11 is 2.92. The third-order valence-corrected chi connectivity index (χ3v) is 2.50. The summed E-state index contributed by atoms with van der Waals surface area (Å²) in [7, 11) is 0. The highest BCUT2D eigenvalue weighted by atomic mass is 79.9. The summed E-state index contributed by atoms with van der Waals surface area (Å²) in [4.78, 5) is 21.3. The molecule has 1 aromatic rings. The van der Waals surface area contributed by atoms with Crippen LogP contribution in [0.25, 0.3) is 0 Å². The van der Waals surface area contributed by atoms with Crippen LogP contribution in [0.4, 0.5) is 5.69 Å². The lowest BCUT2D eigenvalue weighted by Gasteiger charge is -2.05. The average molecular weight is 305 g/mol. The number of nitro groups is 1. The topological polar surface area (TPSA) is 113 Å². The van der Waals surface area contributed by atoms with Gasteiger partial charge in [0.15, 0.2) is 0 Å². The second-order valence-electron chi connectivity index (χ2n) is 3.06. The number of benzene rings is 1. The van der Waals surface area contributed by atoms with Gasteiger partial charge in [0.25, 0.3) is 5.91 Å². The second kappa shape index (κ2) is 5.60. The summed E-state index contributed by atoms with van der Waals surface area (Å²) in [5, 5.41) is 30.9. The number of phenolic OH excluding ortho intramolecular Hbond substituents is 1. The lowest BCUT2D eigenvalue weighted by atomic mass is 10.1. The number of hydrogen-bond donors (Lipinski definition) is 3. The molecule has 92 valence electrons. The Morgan fingerprint density at radius 3 is 2.71 bits per heavy atom. The molecule has 0 radical (unpaired) electrons. The number of aliphatic hydroxyl groups is 1. The smallest absolute Gasteiger partial charge is 0.312 e. The Bertz CT molecular complexity index is 463. The van der Waals surface area contributed by atoms with Crippen LogP contribution in [0.15, 0.2) is 16.6 Å². The van der Waals surface area contributed by atoms with Crippen LogP contribution in [0.1, 0.15) is 10.4 Å². The minimum atomic E-state index is -0.789. The molecule has 0 saturated carbocycles. The highest BCUT2D eigenvalue weighted by molar-refractivity contribution is 9.10. The van der Waals surface area contributed by atoms with E-state index in [1.165, 1.54) is 6.07 Å². The molecule has 1 rings (SSSR count). The molecule has 1 amide bonds. The van der Waals surface area contributed by atoms with Crippen molar-refractivity contribution in [2.75, 3.05) is 13.2 Å². The number of nitrogens with one attached hydrogen (secondary N) is 1. The van der Waals surface area contributed by atoms with E-state index < -0.39 is 22.3 Å². The van der Waals surface area contributed by atoms with Crippen LogP contribution in [0, 0.1) is 10.1 Å². The summed E-state index contributed by atoms with van der Waals surface area (Å²) in [5.41, 5.74) is -0.539. The van der Waals surface area contributed by atoms with E-state index in [0.29, 0.717) is 0 Å². The summed E-state index contributed by atoms with van der Waals surface area (Å²) < 4.78 is 0.0563. The van der Waals surface area contributed by atoms with Crippen LogP contribution in [-0.2, 0) is 0 Å². The van der Waals surface area contributed by atoms with Gasteiger partial charge in [-0.2, -0.15) is 0 Å². The van der Waals surface area contributed by atoms with Gasteiger partial charge in [0.2, 0.25) is 5.75 Å². The summed E-state index contributed by atoms with van der Waals surface area (Å²) in [6.45, 7) is -0.182. The highest BCUT2D eigenvalue weighted by Gasteiger charge is 2.20. The molecule has 3 N–H and O–H groups in total. The van der Waals surface area contributed by atoms with E-state index in [9.17, 15) is 20.0 Å².